The normalized spacial score (nSPS) is 15.4. The summed E-state index contributed by atoms with van der Waals surface area (Å²) < 4.78 is 1.88. The van der Waals surface area contributed by atoms with Crippen LogP contribution in [0.3, 0.4) is 0 Å². The molecule has 0 aliphatic carbocycles. The molecule has 0 unspecified atom stereocenters. The van der Waals surface area contributed by atoms with Crippen molar-refractivity contribution in [2.75, 3.05) is 13.1 Å². The second-order valence-corrected chi connectivity index (χ2v) is 7.71. The van der Waals surface area contributed by atoms with E-state index in [9.17, 15) is 4.79 Å². The van der Waals surface area contributed by atoms with E-state index in [1.54, 1.807) is 6.20 Å². The third-order valence-corrected chi connectivity index (χ3v) is 5.84. The maximum Gasteiger partial charge on any atom is 0.224 e. The van der Waals surface area contributed by atoms with Gasteiger partial charge in [-0.15, -0.1) is 0 Å². The highest BCUT2D eigenvalue weighted by Gasteiger charge is 2.23. The maximum atomic E-state index is 12.6. The Hall–Kier alpha value is -2.33. The first-order valence-corrected chi connectivity index (χ1v) is 10.0. The predicted molar refractivity (Wildman–Crippen MR) is 109 cm³/mol. The molecule has 1 saturated heterocycles. The number of hydrogen-bond donors (Lipinski definition) is 0. The number of aryl methyl sites for hydroxylation is 1. The van der Waals surface area contributed by atoms with Crippen LogP contribution < -0.4 is 0 Å². The number of fused-ring (bicyclic) bond motifs is 1. The molecule has 1 fully saturated rings. The van der Waals surface area contributed by atoms with Gasteiger partial charge in [-0.05, 0) is 42.9 Å². The molecule has 2 heterocycles. The quantitative estimate of drug-likeness (QED) is 0.649. The molecule has 140 valence electrons. The summed E-state index contributed by atoms with van der Waals surface area (Å²) in [6, 6.07) is 16.4. The molecule has 4 nitrogen and oxygen atoms in total. The van der Waals surface area contributed by atoms with Crippen LogP contribution in [0.2, 0.25) is 5.02 Å². The number of piperidine rings is 1. The second kappa shape index (κ2) is 8.13. The molecule has 3 aromatic rings. The first kappa shape index (κ1) is 18.1. The lowest BCUT2D eigenvalue weighted by Gasteiger charge is -2.32. The van der Waals surface area contributed by atoms with Crippen LogP contribution >= 0.6 is 11.6 Å². The fourth-order valence-corrected chi connectivity index (χ4v) is 4.16. The van der Waals surface area contributed by atoms with Gasteiger partial charge in [-0.25, -0.2) is 0 Å². The van der Waals surface area contributed by atoms with Crippen molar-refractivity contribution in [1.29, 1.82) is 0 Å². The molecular weight excluding hydrogens is 358 g/mol. The highest BCUT2D eigenvalue weighted by atomic mass is 35.5. The lowest BCUT2D eigenvalue weighted by atomic mass is 9.90. The molecule has 0 bridgehead atoms. The maximum absolute atomic E-state index is 12.6. The Bertz CT molecular complexity index is 914. The summed E-state index contributed by atoms with van der Waals surface area (Å²) in [4.78, 5) is 14.6. The Balaban J connectivity index is 1.29. The minimum Gasteiger partial charge on any atom is -0.343 e. The predicted octanol–water partition coefficient (Wildman–Crippen LogP) is 4.56. The highest BCUT2D eigenvalue weighted by Crippen LogP contribution is 2.24. The van der Waals surface area contributed by atoms with E-state index in [1.165, 1.54) is 5.56 Å². The number of carbonyl (C=O) groups excluding carboxylic acids is 1. The topological polar surface area (TPSA) is 38.1 Å². The smallest absolute Gasteiger partial charge is 0.224 e. The summed E-state index contributed by atoms with van der Waals surface area (Å²) in [5.74, 6) is 0.896. The fraction of sp³-hybridized carbons (Fsp3) is 0.364. The van der Waals surface area contributed by atoms with Crippen LogP contribution in [0.5, 0.6) is 0 Å². The van der Waals surface area contributed by atoms with Gasteiger partial charge in [0.1, 0.15) is 0 Å². The monoisotopic (exact) mass is 381 g/mol. The van der Waals surface area contributed by atoms with Gasteiger partial charge in [0.25, 0.3) is 0 Å². The zero-order chi connectivity index (χ0) is 18.6. The third kappa shape index (κ3) is 4.16. The SMILES string of the molecule is O=C(CCn1ncc2c(Cl)cccc21)N1CCC(Cc2ccccc2)CC1. The van der Waals surface area contributed by atoms with E-state index in [1.807, 2.05) is 27.8 Å². The molecule has 0 radical (unpaired) electrons. The van der Waals surface area contributed by atoms with Crippen molar-refractivity contribution in [3.63, 3.8) is 0 Å². The first-order chi connectivity index (χ1) is 13.2. The van der Waals surface area contributed by atoms with Crippen molar-refractivity contribution in [2.45, 2.75) is 32.2 Å². The van der Waals surface area contributed by atoms with Gasteiger partial charge in [0, 0.05) is 24.9 Å². The summed E-state index contributed by atoms with van der Waals surface area (Å²) in [7, 11) is 0. The van der Waals surface area contributed by atoms with Crippen LogP contribution in [0.4, 0.5) is 0 Å². The summed E-state index contributed by atoms with van der Waals surface area (Å²) in [5, 5.41) is 6.03. The number of halogens is 1. The number of hydrogen-bond acceptors (Lipinski definition) is 2. The van der Waals surface area contributed by atoms with Crippen LogP contribution in [0.25, 0.3) is 10.9 Å². The van der Waals surface area contributed by atoms with Crippen molar-refractivity contribution in [3.8, 4) is 0 Å². The molecule has 4 rings (SSSR count). The third-order valence-electron chi connectivity index (χ3n) is 5.51. The molecule has 0 N–H and O–H groups in total. The highest BCUT2D eigenvalue weighted by molar-refractivity contribution is 6.35. The van der Waals surface area contributed by atoms with Gasteiger partial charge < -0.3 is 4.90 Å². The summed E-state index contributed by atoms with van der Waals surface area (Å²) in [5.41, 5.74) is 2.38. The van der Waals surface area contributed by atoms with E-state index in [0.29, 0.717) is 23.9 Å². The van der Waals surface area contributed by atoms with E-state index in [0.717, 1.165) is 43.3 Å². The van der Waals surface area contributed by atoms with Gasteiger partial charge >= 0.3 is 0 Å². The summed E-state index contributed by atoms with van der Waals surface area (Å²) in [6.07, 6.45) is 5.54. The van der Waals surface area contributed by atoms with Crippen molar-refractivity contribution in [3.05, 3.63) is 65.3 Å². The van der Waals surface area contributed by atoms with Gasteiger partial charge in [0.15, 0.2) is 0 Å². The number of likely N-dealkylation sites (tertiary alicyclic amines) is 1. The fourth-order valence-electron chi connectivity index (χ4n) is 3.94. The Morgan fingerprint density at radius 3 is 2.63 bits per heavy atom. The van der Waals surface area contributed by atoms with Gasteiger partial charge in [-0.2, -0.15) is 5.10 Å². The second-order valence-electron chi connectivity index (χ2n) is 7.30. The standard InChI is InChI=1S/C22H24ClN3O/c23-20-7-4-8-21-19(20)16-24-26(21)14-11-22(27)25-12-9-18(10-13-25)15-17-5-2-1-3-6-17/h1-8,16,18H,9-15H2. The van der Waals surface area contributed by atoms with Crippen LogP contribution in [0.1, 0.15) is 24.8 Å². The summed E-state index contributed by atoms with van der Waals surface area (Å²) in [6.45, 7) is 2.32. The van der Waals surface area contributed by atoms with Crippen LogP contribution in [0.15, 0.2) is 54.7 Å². The molecule has 27 heavy (non-hydrogen) atoms. The molecule has 0 saturated carbocycles. The Morgan fingerprint density at radius 2 is 1.85 bits per heavy atom. The van der Waals surface area contributed by atoms with E-state index >= 15 is 0 Å². The number of carbonyl (C=O) groups is 1. The van der Waals surface area contributed by atoms with E-state index < -0.39 is 0 Å². The van der Waals surface area contributed by atoms with Crippen molar-refractivity contribution in [1.82, 2.24) is 14.7 Å². The zero-order valence-corrected chi connectivity index (χ0v) is 16.1. The number of rotatable bonds is 5. The van der Waals surface area contributed by atoms with Gasteiger partial charge in [0.05, 0.1) is 23.3 Å². The van der Waals surface area contributed by atoms with E-state index in [4.69, 9.17) is 11.6 Å². The minimum absolute atomic E-state index is 0.221. The zero-order valence-electron chi connectivity index (χ0n) is 15.4. The molecule has 2 aromatic carbocycles. The number of nitrogens with zero attached hydrogens (tertiary/aromatic N) is 3. The lowest BCUT2D eigenvalue weighted by molar-refractivity contribution is -0.132. The molecular formula is C22H24ClN3O. The molecule has 0 atom stereocenters. The molecule has 1 aliphatic heterocycles. The largest absolute Gasteiger partial charge is 0.343 e. The lowest BCUT2D eigenvalue weighted by Crippen LogP contribution is -2.39. The Labute approximate surface area is 164 Å². The molecule has 1 amide bonds. The molecule has 5 heteroatoms. The first-order valence-electron chi connectivity index (χ1n) is 9.62. The Kier molecular flexibility index (Phi) is 5.44. The Morgan fingerprint density at radius 1 is 1.07 bits per heavy atom. The molecule has 1 aliphatic rings. The average molecular weight is 382 g/mol. The van der Waals surface area contributed by atoms with Crippen molar-refractivity contribution >= 4 is 28.4 Å². The summed E-state index contributed by atoms with van der Waals surface area (Å²) >= 11 is 6.20. The van der Waals surface area contributed by atoms with Gasteiger partial charge in [0.2, 0.25) is 5.91 Å². The molecule has 1 aromatic heterocycles. The number of aromatic nitrogens is 2. The number of benzene rings is 2. The minimum atomic E-state index is 0.221. The van der Waals surface area contributed by atoms with Gasteiger partial charge in [-0.3, -0.25) is 9.48 Å². The van der Waals surface area contributed by atoms with Crippen LogP contribution in [0, 0.1) is 5.92 Å². The number of amides is 1. The van der Waals surface area contributed by atoms with Gasteiger partial charge in [-0.1, -0.05) is 48.0 Å². The van der Waals surface area contributed by atoms with E-state index in [-0.39, 0.29) is 5.91 Å². The van der Waals surface area contributed by atoms with Crippen molar-refractivity contribution < 1.29 is 4.79 Å². The van der Waals surface area contributed by atoms with Crippen LogP contribution in [-0.4, -0.2) is 33.7 Å². The van der Waals surface area contributed by atoms with E-state index in [2.05, 4.69) is 35.4 Å². The van der Waals surface area contributed by atoms with Crippen LogP contribution in [-0.2, 0) is 17.8 Å². The molecule has 0 spiro atoms. The van der Waals surface area contributed by atoms with Crippen molar-refractivity contribution in [2.24, 2.45) is 5.92 Å². The average Bonchev–Trinajstić information content (AvgIpc) is 3.12.